The van der Waals surface area contributed by atoms with Gasteiger partial charge in [-0.3, -0.25) is 0 Å². The fourth-order valence-electron chi connectivity index (χ4n) is 2.89. The Morgan fingerprint density at radius 1 is 0.800 bits per heavy atom. The Kier molecular flexibility index (Phi) is 5.83. The van der Waals surface area contributed by atoms with E-state index in [1.54, 1.807) is 7.11 Å². The van der Waals surface area contributed by atoms with Crippen molar-refractivity contribution in [3.8, 4) is 5.75 Å². The summed E-state index contributed by atoms with van der Waals surface area (Å²) in [5, 5.41) is 14.5. The molecule has 128 valence electrons. The van der Waals surface area contributed by atoms with E-state index in [0.29, 0.717) is 6.54 Å². The van der Waals surface area contributed by atoms with Gasteiger partial charge in [-0.05, 0) is 28.8 Å². The first-order chi connectivity index (χ1) is 12.3. The van der Waals surface area contributed by atoms with E-state index < -0.39 is 6.10 Å². The summed E-state index contributed by atoms with van der Waals surface area (Å²) in [4.78, 5) is 0. The van der Waals surface area contributed by atoms with Gasteiger partial charge in [0.25, 0.3) is 0 Å². The van der Waals surface area contributed by atoms with Gasteiger partial charge < -0.3 is 15.2 Å². The Hall–Kier alpha value is -2.62. The van der Waals surface area contributed by atoms with Gasteiger partial charge in [0.15, 0.2) is 0 Å². The summed E-state index contributed by atoms with van der Waals surface area (Å²) in [6, 6.07) is 27.6. The maximum atomic E-state index is 11.0. The van der Waals surface area contributed by atoms with Crippen LogP contribution in [0, 0.1) is 0 Å². The molecule has 0 heterocycles. The van der Waals surface area contributed by atoms with E-state index in [4.69, 9.17) is 4.74 Å². The van der Waals surface area contributed by atoms with Crippen LogP contribution >= 0.6 is 0 Å². The zero-order valence-corrected chi connectivity index (χ0v) is 14.3. The molecule has 0 bridgehead atoms. The van der Waals surface area contributed by atoms with Crippen LogP contribution in [0.15, 0.2) is 84.9 Å². The number of hydrogen-bond acceptors (Lipinski definition) is 3. The van der Waals surface area contributed by atoms with E-state index in [2.05, 4.69) is 17.4 Å². The van der Waals surface area contributed by atoms with Crippen LogP contribution in [-0.4, -0.2) is 12.2 Å². The summed E-state index contributed by atoms with van der Waals surface area (Å²) in [7, 11) is 1.64. The highest BCUT2D eigenvalue weighted by Crippen LogP contribution is 2.30. The first-order valence-electron chi connectivity index (χ1n) is 8.42. The van der Waals surface area contributed by atoms with Crippen molar-refractivity contribution in [2.75, 3.05) is 7.11 Å². The lowest BCUT2D eigenvalue weighted by Gasteiger charge is -2.25. The molecular formula is C22H23NO2. The van der Waals surface area contributed by atoms with Gasteiger partial charge in [0.05, 0.1) is 19.3 Å². The number of rotatable bonds is 7. The van der Waals surface area contributed by atoms with Crippen LogP contribution in [0.3, 0.4) is 0 Å². The summed E-state index contributed by atoms with van der Waals surface area (Å²) in [5.41, 5.74) is 3.10. The maximum Gasteiger partial charge on any atom is 0.118 e. The number of aliphatic hydroxyl groups excluding tert-OH is 1. The van der Waals surface area contributed by atoms with Crippen LogP contribution in [0.2, 0.25) is 0 Å². The summed E-state index contributed by atoms with van der Waals surface area (Å²) in [5.74, 6) is 0.782. The fourth-order valence-corrected chi connectivity index (χ4v) is 2.89. The first kappa shape index (κ1) is 17.2. The third-order valence-electron chi connectivity index (χ3n) is 4.30. The second-order valence-corrected chi connectivity index (χ2v) is 5.97. The molecule has 0 aliphatic rings. The smallest absolute Gasteiger partial charge is 0.118 e. The predicted molar refractivity (Wildman–Crippen MR) is 100 cm³/mol. The lowest BCUT2D eigenvalue weighted by Crippen LogP contribution is -2.27. The van der Waals surface area contributed by atoms with Gasteiger partial charge in [0, 0.05) is 6.54 Å². The van der Waals surface area contributed by atoms with Gasteiger partial charge >= 0.3 is 0 Å². The van der Waals surface area contributed by atoms with Crippen LogP contribution in [0.1, 0.15) is 28.8 Å². The fraction of sp³-hybridized carbons (Fsp3) is 0.182. The van der Waals surface area contributed by atoms with E-state index in [1.165, 1.54) is 5.56 Å². The van der Waals surface area contributed by atoms with Gasteiger partial charge in [-0.2, -0.15) is 0 Å². The van der Waals surface area contributed by atoms with Crippen LogP contribution in [-0.2, 0) is 6.54 Å². The molecule has 2 N–H and O–H groups in total. The van der Waals surface area contributed by atoms with Crippen molar-refractivity contribution in [2.24, 2.45) is 0 Å². The molecule has 0 fully saturated rings. The second-order valence-electron chi connectivity index (χ2n) is 5.97. The van der Waals surface area contributed by atoms with Crippen LogP contribution in [0.4, 0.5) is 0 Å². The lowest BCUT2D eigenvalue weighted by molar-refractivity contribution is 0.127. The highest BCUT2D eigenvalue weighted by molar-refractivity contribution is 5.31. The molecule has 0 spiro atoms. The third-order valence-corrected chi connectivity index (χ3v) is 4.30. The van der Waals surface area contributed by atoms with Crippen molar-refractivity contribution in [1.29, 1.82) is 0 Å². The highest BCUT2D eigenvalue weighted by Gasteiger charge is 2.22. The Balaban J connectivity index is 1.82. The van der Waals surface area contributed by atoms with Crippen molar-refractivity contribution in [1.82, 2.24) is 5.32 Å². The van der Waals surface area contributed by atoms with Crippen LogP contribution < -0.4 is 10.1 Å². The SMILES string of the molecule is COc1ccc([C@H](O)[C@H](NCc2ccccc2)c2ccccc2)cc1. The molecule has 0 aromatic heterocycles. The minimum absolute atomic E-state index is 0.199. The topological polar surface area (TPSA) is 41.5 Å². The molecule has 2 atom stereocenters. The second kappa shape index (κ2) is 8.47. The van der Waals surface area contributed by atoms with Gasteiger partial charge in [0.1, 0.15) is 5.75 Å². The Morgan fingerprint density at radius 3 is 2.00 bits per heavy atom. The number of methoxy groups -OCH3 is 1. The molecule has 0 amide bonds. The number of ether oxygens (including phenoxy) is 1. The molecule has 3 aromatic carbocycles. The van der Waals surface area contributed by atoms with Crippen molar-refractivity contribution in [3.05, 3.63) is 102 Å². The van der Waals surface area contributed by atoms with E-state index in [0.717, 1.165) is 16.9 Å². The standard InChI is InChI=1S/C22H23NO2/c1-25-20-14-12-19(13-15-20)22(24)21(18-10-6-3-7-11-18)23-16-17-8-4-2-5-9-17/h2-15,21-24H,16H2,1H3/t21-,22+/m1/s1. The molecule has 0 aliphatic carbocycles. The summed E-state index contributed by atoms with van der Waals surface area (Å²) in [6.07, 6.45) is -0.656. The monoisotopic (exact) mass is 333 g/mol. The van der Waals surface area contributed by atoms with Gasteiger partial charge in [-0.1, -0.05) is 72.8 Å². The van der Waals surface area contributed by atoms with Crippen molar-refractivity contribution < 1.29 is 9.84 Å². The quantitative estimate of drug-likeness (QED) is 0.679. The van der Waals surface area contributed by atoms with Crippen LogP contribution in [0.5, 0.6) is 5.75 Å². The summed E-state index contributed by atoms with van der Waals surface area (Å²) >= 11 is 0. The number of nitrogens with one attached hydrogen (secondary N) is 1. The Morgan fingerprint density at radius 2 is 1.40 bits per heavy atom. The van der Waals surface area contributed by atoms with Crippen molar-refractivity contribution in [3.63, 3.8) is 0 Å². The van der Waals surface area contributed by atoms with Crippen LogP contribution in [0.25, 0.3) is 0 Å². The predicted octanol–water partition coefficient (Wildman–Crippen LogP) is 4.26. The molecule has 3 nitrogen and oxygen atoms in total. The zero-order chi connectivity index (χ0) is 17.5. The van der Waals surface area contributed by atoms with Gasteiger partial charge in [-0.15, -0.1) is 0 Å². The molecule has 3 heteroatoms. The van der Waals surface area contributed by atoms with E-state index in [9.17, 15) is 5.11 Å². The van der Waals surface area contributed by atoms with E-state index in [-0.39, 0.29) is 6.04 Å². The molecule has 0 aliphatic heterocycles. The number of aliphatic hydroxyl groups is 1. The molecular weight excluding hydrogens is 310 g/mol. The lowest BCUT2D eigenvalue weighted by atomic mass is 9.95. The highest BCUT2D eigenvalue weighted by atomic mass is 16.5. The van der Waals surface area contributed by atoms with Gasteiger partial charge in [-0.25, -0.2) is 0 Å². The molecule has 3 rings (SSSR count). The normalized spacial score (nSPS) is 13.2. The first-order valence-corrected chi connectivity index (χ1v) is 8.42. The van der Waals surface area contributed by atoms with E-state index in [1.807, 2.05) is 72.8 Å². The van der Waals surface area contributed by atoms with Gasteiger partial charge in [0.2, 0.25) is 0 Å². The van der Waals surface area contributed by atoms with Crippen molar-refractivity contribution in [2.45, 2.75) is 18.7 Å². The summed E-state index contributed by atoms with van der Waals surface area (Å²) < 4.78 is 5.20. The molecule has 0 saturated carbocycles. The third kappa shape index (κ3) is 4.47. The molecule has 0 saturated heterocycles. The Labute approximate surface area is 148 Å². The Bertz CT molecular complexity index is 757. The van der Waals surface area contributed by atoms with E-state index >= 15 is 0 Å². The number of hydrogen-bond donors (Lipinski definition) is 2. The molecule has 3 aromatic rings. The summed E-state index contributed by atoms with van der Waals surface area (Å²) in [6.45, 7) is 0.688. The average molecular weight is 333 g/mol. The molecule has 0 unspecified atom stereocenters. The van der Waals surface area contributed by atoms with Crippen molar-refractivity contribution >= 4 is 0 Å². The average Bonchev–Trinajstić information content (AvgIpc) is 2.69. The zero-order valence-electron chi connectivity index (χ0n) is 14.3. The minimum atomic E-state index is -0.656. The number of benzene rings is 3. The minimum Gasteiger partial charge on any atom is -0.497 e. The largest absolute Gasteiger partial charge is 0.497 e. The molecule has 0 radical (unpaired) electrons. The molecule has 25 heavy (non-hydrogen) atoms. The maximum absolute atomic E-state index is 11.0.